The topological polar surface area (TPSA) is 60.0 Å². The van der Waals surface area contributed by atoms with Crippen LogP contribution in [0.4, 0.5) is 0 Å². The minimum atomic E-state index is -0.116. The molecule has 0 aliphatic heterocycles. The van der Waals surface area contributed by atoms with E-state index in [0.29, 0.717) is 30.4 Å². The smallest absolute Gasteiger partial charge is 0.268 e. The molecule has 1 aromatic carbocycles. The largest absolute Gasteiger partial charge is 0.347 e. The van der Waals surface area contributed by atoms with Gasteiger partial charge in [0.15, 0.2) is 0 Å². The quantitative estimate of drug-likeness (QED) is 0.862. The Morgan fingerprint density at radius 1 is 1.29 bits per heavy atom. The molecule has 0 aliphatic carbocycles. The van der Waals surface area contributed by atoms with Crippen LogP contribution in [0, 0.1) is 0 Å². The monoisotopic (exact) mass is 305 g/mol. The van der Waals surface area contributed by atoms with Crippen molar-refractivity contribution in [3.8, 4) is 0 Å². The Bertz CT molecular complexity index is 604. The van der Waals surface area contributed by atoms with Crippen molar-refractivity contribution in [3.63, 3.8) is 0 Å². The Balaban J connectivity index is 1.97. The first-order valence-corrected chi connectivity index (χ1v) is 7.43. The van der Waals surface area contributed by atoms with E-state index in [1.165, 1.54) is 5.56 Å². The highest BCUT2D eigenvalue weighted by Gasteiger charge is 2.11. The lowest BCUT2D eigenvalue weighted by atomic mass is 10.1. The lowest BCUT2D eigenvalue weighted by Gasteiger charge is -2.08. The first-order chi connectivity index (χ1) is 10.1. The second kappa shape index (κ2) is 7.29. The maximum atomic E-state index is 12.2. The zero-order valence-corrected chi connectivity index (χ0v) is 12.9. The molecule has 2 rings (SSSR count). The normalized spacial score (nSPS) is 10.6. The van der Waals surface area contributed by atoms with Gasteiger partial charge in [-0.25, -0.2) is 0 Å². The van der Waals surface area contributed by atoms with Gasteiger partial charge in [0.25, 0.3) is 5.91 Å². The summed E-state index contributed by atoms with van der Waals surface area (Å²) in [6, 6.07) is 9.79. The molecule has 1 heterocycles. The zero-order chi connectivity index (χ0) is 15.2. The molecule has 112 valence electrons. The molecule has 0 bridgehead atoms. The van der Waals surface area contributed by atoms with Crippen LogP contribution in [0.15, 0.2) is 36.5 Å². The first-order valence-electron chi connectivity index (χ1n) is 7.05. The molecule has 3 N–H and O–H groups in total. The number of nitrogens with one attached hydrogen (secondary N) is 1. The lowest BCUT2D eigenvalue weighted by molar-refractivity contribution is 0.0942. The van der Waals surface area contributed by atoms with Crippen LogP contribution in [0.25, 0.3) is 0 Å². The van der Waals surface area contributed by atoms with Crippen molar-refractivity contribution in [1.29, 1.82) is 0 Å². The number of carbonyl (C=O) groups is 1. The van der Waals surface area contributed by atoms with Gasteiger partial charge < -0.3 is 15.6 Å². The first kappa shape index (κ1) is 15.6. The van der Waals surface area contributed by atoms with E-state index < -0.39 is 0 Å². The van der Waals surface area contributed by atoms with Crippen molar-refractivity contribution in [2.24, 2.45) is 5.73 Å². The van der Waals surface area contributed by atoms with Gasteiger partial charge >= 0.3 is 0 Å². The van der Waals surface area contributed by atoms with Crippen molar-refractivity contribution >= 4 is 17.5 Å². The lowest BCUT2D eigenvalue weighted by Crippen LogP contribution is -2.25. The number of halogens is 1. The van der Waals surface area contributed by atoms with Gasteiger partial charge in [-0.3, -0.25) is 4.79 Å². The second-order valence-electron chi connectivity index (χ2n) is 4.87. The van der Waals surface area contributed by atoms with Crippen molar-refractivity contribution in [3.05, 3.63) is 58.4 Å². The highest BCUT2D eigenvalue weighted by Crippen LogP contribution is 2.14. The molecule has 1 amide bonds. The van der Waals surface area contributed by atoms with Crippen LogP contribution in [-0.4, -0.2) is 17.0 Å². The third-order valence-electron chi connectivity index (χ3n) is 3.35. The SMILES string of the molecule is CCn1cc(Cl)cc1C(=O)NCc1ccc(CCN)cc1. The fraction of sp³-hybridized carbons (Fsp3) is 0.312. The van der Waals surface area contributed by atoms with E-state index in [-0.39, 0.29) is 5.91 Å². The fourth-order valence-corrected chi connectivity index (χ4v) is 2.41. The Morgan fingerprint density at radius 3 is 2.57 bits per heavy atom. The van der Waals surface area contributed by atoms with Crippen molar-refractivity contribution in [2.75, 3.05) is 6.54 Å². The van der Waals surface area contributed by atoms with E-state index in [9.17, 15) is 4.79 Å². The fourth-order valence-electron chi connectivity index (χ4n) is 2.19. The van der Waals surface area contributed by atoms with Gasteiger partial charge in [-0.05, 0) is 37.1 Å². The number of carbonyl (C=O) groups excluding carboxylic acids is 1. The highest BCUT2D eigenvalue weighted by atomic mass is 35.5. The van der Waals surface area contributed by atoms with Gasteiger partial charge in [0.2, 0.25) is 0 Å². The molecule has 2 aromatic rings. The number of nitrogens with zero attached hydrogens (tertiary/aromatic N) is 1. The predicted molar refractivity (Wildman–Crippen MR) is 85.5 cm³/mol. The van der Waals surface area contributed by atoms with E-state index in [1.54, 1.807) is 12.3 Å². The number of hydrogen-bond donors (Lipinski definition) is 2. The number of aromatic nitrogens is 1. The van der Waals surface area contributed by atoms with Gasteiger partial charge in [0, 0.05) is 19.3 Å². The summed E-state index contributed by atoms with van der Waals surface area (Å²) in [5.74, 6) is -0.116. The molecule has 21 heavy (non-hydrogen) atoms. The van der Waals surface area contributed by atoms with E-state index >= 15 is 0 Å². The van der Waals surface area contributed by atoms with Gasteiger partial charge in [0.05, 0.1) is 5.02 Å². The molecular weight excluding hydrogens is 286 g/mol. The standard InChI is InChI=1S/C16H20ClN3O/c1-2-20-11-14(17)9-15(20)16(21)19-10-13-5-3-12(4-6-13)7-8-18/h3-6,9,11H,2,7-8,10,18H2,1H3,(H,19,21). The third-order valence-corrected chi connectivity index (χ3v) is 3.55. The molecule has 0 saturated heterocycles. The van der Waals surface area contributed by atoms with E-state index in [1.807, 2.05) is 35.8 Å². The van der Waals surface area contributed by atoms with Gasteiger partial charge in [-0.1, -0.05) is 35.9 Å². The summed E-state index contributed by atoms with van der Waals surface area (Å²) in [7, 11) is 0. The number of rotatable bonds is 6. The Labute approximate surface area is 129 Å². The molecule has 1 aromatic heterocycles. The minimum absolute atomic E-state index is 0.116. The Hall–Kier alpha value is -1.78. The molecule has 0 fully saturated rings. The molecule has 0 aliphatic rings. The van der Waals surface area contributed by atoms with Gasteiger partial charge in [-0.2, -0.15) is 0 Å². The summed E-state index contributed by atoms with van der Waals surface area (Å²) < 4.78 is 1.84. The van der Waals surface area contributed by atoms with E-state index in [0.717, 1.165) is 12.0 Å². The number of amides is 1. The molecular formula is C16H20ClN3O. The van der Waals surface area contributed by atoms with Crippen LogP contribution >= 0.6 is 11.6 Å². The number of hydrogen-bond acceptors (Lipinski definition) is 2. The predicted octanol–water partition coefficient (Wildman–Crippen LogP) is 2.59. The summed E-state index contributed by atoms with van der Waals surface area (Å²) in [5.41, 5.74) is 8.37. The van der Waals surface area contributed by atoms with Crippen LogP contribution in [0.2, 0.25) is 5.02 Å². The van der Waals surface area contributed by atoms with Crippen LogP contribution < -0.4 is 11.1 Å². The Kier molecular flexibility index (Phi) is 5.42. The van der Waals surface area contributed by atoms with Crippen LogP contribution in [0.3, 0.4) is 0 Å². The van der Waals surface area contributed by atoms with E-state index in [4.69, 9.17) is 17.3 Å². The van der Waals surface area contributed by atoms with E-state index in [2.05, 4.69) is 5.32 Å². The maximum Gasteiger partial charge on any atom is 0.268 e. The molecule has 4 nitrogen and oxygen atoms in total. The average Bonchev–Trinajstić information content (AvgIpc) is 2.88. The molecule has 0 spiro atoms. The third kappa shape index (κ3) is 4.09. The number of aryl methyl sites for hydroxylation is 1. The number of nitrogens with two attached hydrogens (primary N) is 1. The maximum absolute atomic E-state index is 12.2. The van der Waals surface area contributed by atoms with Crippen LogP contribution in [0.1, 0.15) is 28.5 Å². The summed E-state index contributed by atoms with van der Waals surface area (Å²) >= 11 is 5.94. The minimum Gasteiger partial charge on any atom is -0.347 e. The summed E-state index contributed by atoms with van der Waals surface area (Å²) in [4.78, 5) is 12.2. The summed E-state index contributed by atoms with van der Waals surface area (Å²) in [6.45, 7) is 3.83. The molecule has 0 saturated carbocycles. The van der Waals surface area contributed by atoms with Crippen molar-refractivity contribution in [2.45, 2.75) is 26.4 Å². The zero-order valence-electron chi connectivity index (χ0n) is 12.1. The van der Waals surface area contributed by atoms with Crippen LogP contribution in [0.5, 0.6) is 0 Å². The van der Waals surface area contributed by atoms with Gasteiger partial charge in [-0.15, -0.1) is 0 Å². The average molecular weight is 306 g/mol. The molecule has 5 heteroatoms. The number of benzene rings is 1. The summed E-state index contributed by atoms with van der Waals surface area (Å²) in [5, 5.41) is 3.49. The van der Waals surface area contributed by atoms with Crippen molar-refractivity contribution in [1.82, 2.24) is 9.88 Å². The van der Waals surface area contributed by atoms with Crippen LogP contribution in [-0.2, 0) is 19.5 Å². The van der Waals surface area contributed by atoms with Gasteiger partial charge in [0.1, 0.15) is 5.69 Å². The van der Waals surface area contributed by atoms with Crippen molar-refractivity contribution < 1.29 is 4.79 Å². The summed E-state index contributed by atoms with van der Waals surface area (Å²) in [6.07, 6.45) is 2.63. The molecule has 0 atom stereocenters. The molecule has 0 radical (unpaired) electrons. The molecule has 0 unspecified atom stereocenters. The Morgan fingerprint density at radius 2 is 1.95 bits per heavy atom. The second-order valence-corrected chi connectivity index (χ2v) is 5.30. The highest BCUT2D eigenvalue weighted by molar-refractivity contribution is 6.31.